The Morgan fingerprint density at radius 3 is 2.08 bits per heavy atom. The van der Waals surface area contributed by atoms with Crippen molar-refractivity contribution in [3.8, 4) is 0 Å². The number of amides is 2. The van der Waals surface area contributed by atoms with E-state index in [4.69, 9.17) is 23.2 Å². The molecule has 2 fully saturated rings. The molecule has 12 heteroatoms. The van der Waals surface area contributed by atoms with Crippen molar-refractivity contribution in [2.75, 3.05) is 45.6 Å². The zero-order valence-electron chi connectivity index (χ0n) is 20.9. The molecule has 2 saturated heterocycles. The second kappa shape index (κ2) is 10.9. The molecule has 2 aliphatic heterocycles. The number of hydrogen-bond donors (Lipinski definition) is 2. The van der Waals surface area contributed by atoms with E-state index in [0.29, 0.717) is 31.6 Å². The van der Waals surface area contributed by atoms with Gasteiger partial charge in [0.05, 0.1) is 21.7 Å². The van der Waals surface area contributed by atoms with Gasteiger partial charge in [-0.15, -0.1) is 0 Å². The fourth-order valence-corrected chi connectivity index (χ4v) is 5.62. The Hall–Kier alpha value is -2.53. The van der Waals surface area contributed by atoms with Crippen LogP contribution < -0.4 is 5.32 Å². The lowest BCUT2D eigenvalue weighted by molar-refractivity contribution is -0.262. The van der Waals surface area contributed by atoms with Gasteiger partial charge >= 0.3 is 6.18 Å². The second-order valence-electron chi connectivity index (χ2n) is 9.91. The van der Waals surface area contributed by atoms with Crippen LogP contribution in [-0.4, -0.2) is 90.2 Å². The zero-order valence-corrected chi connectivity index (χ0v) is 22.4. The average molecular weight is 573 g/mol. The SMILES string of the molecule is CN(C)C(=O)c1c(Cl)cc(NC2CN(C3CCN(C(=O)[C@](O)(c4ccccc4)C(F)(F)F)CC3)C2)cc1Cl. The number of hydrogen-bond acceptors (Lipinski definition) is 5. The van der Waals surface area contributed by atoms with Crippen LogP contribution in [0.1, 0.15) is 28.8 Å². The van der Waals surface area contributed by atoms with Crippen LogP contribution in [0.2, 0.25) is 10.0 Å². The number of benzene rings is 2. The van der Waals surface area contributed by atoms with E-state index >= 15 is 0 Å². The van der Waals surface area contributed by atoms with Crippen LogP contribution in [0.4, 0.5) is 18.9 Å². The molecule has 7 nitrogen and oxygen atoms in total. The van der Waals surface area contributed by atoms with Gasteiger partial charge < -0.3 is 20.2 Å². The molecular formula is C26H29Cl2F3N4O3. The van der Waals surface area contributed by atoms with Crippen molar-refractivity contribution in [2.24, 2.45) is 0 Å². The first-order valence-electron chi connectivity index (χ1n) is 12.2. The number of alkyl halides is 3. The lowest BCUT2D eigenvalue weighted by atomic mass is 9.89. The van der Waals surface area contributed by atoms with Gasteiger partial charge in [0, 0.05) is 57.6 Å². The van der Waals surface area contributed by atoms with Gasteiger partial charge in [0.2, 0.25) is 0 Å². The Balaban J connectivity index is 1.32. The largest absolute Gasteiger partial charge is 0.430 e. The smallest absolute Gasteiger partial charge is 0.380 e. The predicted octanol–water partition coefficient (Wildman–Crippen LogP) is 4.23. The quantitative estimate of drug-likeness (QED) is 0.541. The minimum absolute atomic E-state index is 0.102. The van der Waals surface area contributed by atoms with E-state index in [0.717, 1.165) is 17.0 Å². The molecule has 2 aromatic rings. The summed E-state index contributed by atoms with van der Waals surface area (Å²) in [5.74, 6) is -1.63. The molecule has 4 rings (SSSR count). The highest BCUT2D eigenvalue weighted by atomic mass is 35.5. The number of likely N-dealkylation sites (tertiary alicyclic amines) is 2. The molecule has 2 heterocycles. The van der Waals surface area contributed by atoms with Crippen LogP contribution in [0.3, 0.4) is 0 Å². The minimum atomic E-state index is -5.15. The fraction of sp³-hybridized carbons (Fsp3) is 0.462. The Bertz CT molecular complexity index is 1160. The van der Waals surface area contributed by atoms with E-state index in [1.807, 2.05) is 0 Å². The molecule has 2 amide bonds. The van der Waals surface area contributed by atoms with Gasteiger partial charge in [-0.2, -0.15) is 13.2 Å². The third-order valence-corrected chi connectivity index (χ3v) is 7.72. The van der Waals surface area contributed by atoms with Crippen LogP contribution in [0.15, 0.2) is 42.5 Å². The molecule has 38 heavy (non-hydrogen) atoms. The Kier molecular flexibility index (Phi) is 8.18. The summed E-state index contributed by atoms with van der Waals surface area (Å²) < 4.78 is 41.7. The van der Waals surface area contributed by atoms with Crippen LogP contribution in [-0.2, 0) is 10.4 Å². The van der Waals surface area contributed by atoms with Gasteiger partial charge in [-0.1, -0.05) is 53.5 Å². The van der Waals surface area contributed by atoms with Crippen molar-refractivity contribution in [3.63, 3.8) is 0 Å². The number of halogens is 5. The summed E-state index contributed by atoms with van der Waals surface area (Å²) in [6, 6.07) is 10.00. The molecule has 2 N–H and O–H groups in total. The first kappa shape index (κ1) is 28.5. The summed E-state index contributed by atoms with van der Waals surface area (Å²) in [7, 11) is 3.23. The van der Waals surface area contributed by atoms with Crippen molar-refractivity contribution in [1.82, 2.24) is 14.7 Å². The maximum Gasteiger partial charge on any atom is 0.430 e. The van der Waals surface area contributed by atoms with Crippen molar-refractivity contribution < 1.29 is 27.9 Å². The van der Waals surface area contributed by atoms with Gasteiger partial charge in [0.25, 0.3) is 17.4 Å². The average Bonchev–Trinajstić information content (AvgIpc) is 2.84. The van der Waals surface area contributed by atoms with Crippen molar-refractivity contribution >= 4 is 40.7 Å². The zero-order chi connectivity index (χ0) is 27.8. The van der Waals surface area contributed by atoms with E-state index in [-0.39, 0.29) is 46.7 Å². The molecule has 2 aliphatic rings. The predicted molar refractivity (Wildman–Crippen MR) is 139 cm³/mol. The van der Waals surface area contributed by atoms with Crippen LogP contribution in [0.25, 0.3) is 0 Å². The maximum absolute atomic E-state index is 13.9. The monoisotopic (exact) mass is 572 g/mol. The standard InChI is InChI=1S/C26H29Cl2F3N4O3/c1-33(2)23(36)22-20(27)12-17(13-21(22)28)32-18-14-35(15-18)19-8-10-34(11-9-19)24(37)25(38,26(29,30)31)16-6-4-3-5-7-16/h3-7,12-13,18-19,32,38H,8-11,14-15H2,1-2H3/t25-/m1/s1. The normalized spacial score (nSPS) is 19.0. The Morgan fingerprint density at radius 1 is 1.03 bits per heavy atom. The molecule has 0 aliphatic carbocycles. The summed E-state index contributed by atoms with van der Waals surface area (Å²) in [5, 5.41) is 14.4. The number of nitrogens with zero attached hydrogens (tertiary/aromatic N) is 3. The third-order valence-electron chi connectivity index (χ3n) is 7.12. The molecule has 0 saturated carbocycles. The minimum Gasteiger partial charge on any atom is -0.380 e. The van der Waals surface area contributed by atoms with Gasteiger partial charge in [-0.3, -0.25) is 14.5 Å². The number of piperidine rings is 1. The van der Waals surface area contributed by atoms with E-state index in [1.54, 1.807) is 26.2 Å². The highest BCUT2D eigenvalue weighted by Crippen LogP contribution is 2.41. The van der Waals surface area contributed by atoms with Crippen LogP contribution >= 0.6 is 23.2 Å². The number of nitrogens with one attached hydrogen (secondary N) is 1. The number of aliphatic hydroxyl groups is 1. The lowest BCUT2D eigenvalue weighted by Crippen LogP contribution is -2.62. The molecule has 206 valence electrons. The van der Waals surface area contributed by atoms with Crippen LogP contribution in [0.5, 0.6) is 0 Å². The van der Waals surface area contributed by atoms with Crippen molar-refractivity contribution in [3.05, 3.63) is 63.6 Å². The summed E-state index contributed by atoms with van der Waals surface area (Å²) in [4.78, 5) is 29.9. The van der Waals surface area contributed by atoms with E-state index in [1.165, 1.54) is 23.1 Å². The maximum atomic E-state index is 13.9. The molecular weight excluding hydrogens is 544 g/mol. The molecule has 0 radical (unpaired) electrons. The topological polar surface area (TPSA) is 76.1 Å². The first-order chi connectivity index (χ1) is 17.8. The fourth-order valence-electron chi connectivity index (χ4n) is 4.97. The highest BCUT2D eigenvalue weighted by molar-refractivity contribution is 6.40. The molecule has 0 bridgehead atoms. The van der Waals surface area contributed by atoms with E-state index < -0.39 is 23.2 Å². The van der Waals surface area contributed by atoms with E-state index in [2.05, 4.69) is 10.2 Å². The summed E-state index contributed by atoms with van der Waals surface area (Å²) in [6.07, 6.45) is -4.15. The summed E-state index contributed by atoms with van der Waals surface area (Å²) >= 11 is 12.6. The van der Waals surface area contributed by atoms with Gasteiger partial charge in [-0.25, -0.2) is 0 Å². The van der Waals surface area contributed by atoms with Crippen molar-refractivity contribution in [1.29, 1.82) is 0 Å². The van der Waals surface area contributed by atoms with Gasteiger partial charge in [-0.05, 0) is 25.0 Å². The third kappa shape index (κ3) is 5.45. The molecule has 0 spiro atoms. The molecule has 2 aromatic carbocycles. The molecule has 0 unspecified atom stereocenters. The van der Waals surface area contributed by atoms with Gasteiger partial charge in [0.15, 0.2) is 0 Å². The number of anilines is 1. The molecule has 0 aromatic heterocycles. The Morgan fingerprint density at radius 2 is 1.58 bits per heavy atom. The van der Waals surface area contributed by atoms with Gasteiger partial charge in [0.1, 0.15) is 0 Å². The molecule has 1 atom stereocenters. The first-order valence-corrected chi connectivity index (χ1v) is 12.9. The number of rotatable bonds is 6. The second-order valence-corrected chi connectivity index (χ2v) is 10.7. The van der Waals surface area contributed by atoms with Crippen LogP contribution in [0, 0.1) is 0 Å². The Labute approximate surface area is 229 Å². The summed E-state index contributed by atoms with van der Waals surface area (Å²) in [6.45, 7) is 1.64. The summed E-state index contributed by atoms with van der Waals surface area (Å²) in [5.41, 5.74) is -3.14. The number of carbonyl (C=O) groups is 2. The van der Waals surface area contributed by atoms with E-state index in [9.17, 15) is 27.9 Å². The highest BCUT2D eigenvalue weighted by Gasteiger charge is 2.62. The van der Waals surface area contributed by atoms with Crippen molar-refractivity contribution in [2.45, 2.75) is 36.7 Å². The lowest BCUT2D eigenvalue weighted by Gasteiger charge is -2.48. The number of carbonyl (C=O) groups excluding carboxylic acids is 2.